The Balaban J connectivity index is 0.00000300. The molecule has 3 N–H and O–H groups in total. The van der Waals surface area contributed by atoms with Crippen LogP contribution in [0.4, 0.5) is 0 Å². The topological polar surface area (TPSA) is 73.0 Å². The summed E-state index contributed by atoms with van der Waals surface area (Å²) < 4.78 is 6.58. The number of furan rings is 1. The van der Waals surface area contributed by atoms with Crippen LogP contribution in [-0.4, -0.2) is 48.7 Å². The lowest BCUT2D eigenvalue weighted by Gasteiger charge is -2.25. The van der Waals surface area contributed by atoms with E-state index >= 15 is 0 Å². The largest absolute Gasteiger partial charge is 0.465 e. The first-order valence-corrected chi connectivity index (χ1v) is 11.0. The van der Waals surface area contributed by atoms with Crippen LogP contribution < -0.4 is 10.6 Å². The molecule has 3 heterocycles. The standard InChI is InChI=1S/C20H29ClN4O2S.HI/c1-3-22-20(24-13-16(26)18-8-9-19(21)28-18)23-12-15(25-10-4-5-11-25)17-7-6-14(2)27-17;/h6-9,15-16,26H,3-5,10-13H2,1-2H3,(H2,22,23,24);1H. The molecular weight excluding hydrogens is 523 g/mol. The minimum absolute atomic E-state index is 0. The average molecular weight is 553 g/mol. The third-order valence-corrected chi connectivity index (χ3v) is 6.16. The van der Waals surface area contributed by atoms with E-state index in [-0.39, 0.29) is 30.0 Å². The summed E-state index contributed by atoms with van der Waals surface area (Å²) in [4.78, 5) is 8.05. The van der Waals surface area contributed by atoms with E-state index in [9.17, 15) is 5.11 Å². The summed E-state index contributed by atoms with van der Waals surface area (Å²) in [6.45, 7) is 7.86. The highest BCUT2D eigenvalue weighted by Gasteiger charge is 2.26. The zero-order chi connectivity index (χ0) is 19.9. The highest BCUT2D eigenvalue weighted by molar-refractivity contribution is 14.0. The third kappa shape index (κ3) is 7.13. The van der Waals surface area contributed by atoms with Gasteiger partial charge in [0.2, 0.25) is 0 Å². The van der Waals surface area contributed by atoms with Gasteiger partial charge in [0.05, 0.1) is 16.9 Å². The Hall–Kier alpha value is -0.810. The summed E-state index contributed by atoms with van der Waals surface area (Å²) in [5.41, 5.74) is 0. The third-order valence-electron chi connectivity index (χ3n) is 4.82. The summed E-state index contributed by atoms with van der Waals surface area (Å²) in [5.74, 6) is 2.58. The van der Waals surface area contributed by atoms with Crippen LogP contribution in [0.3, 0.4) is 0 Å². The van der Waals surface area contributed by atoms with Gasteiger partial charge in [-0.15, -0.1) is 35.3 Å². The molecule has 2 aromatic heterocycles. The van der Waals surface area contributed by atoms with Gasteiger partial charge in [-0.2, -0.15) is 0 Å². The van der Waals surface area contributed by atoms with E-state index in [2.05, 4.69) is 21.6 Å². The average Bonchev–Trinajstić information content (AvgIpc) is 3.42. The number of aryl methyl sites for hydroxylation is 1. The van der Waals surface area contributed by atoms with Crippen molar-refractivity contribution in [1.82, 2.24) is 15.5 Å². The van der Waals surface area contributed by atoms with Crippen molar-refractivity contribution in [3.63, 3.8) is 0 Å². The Labute approximate surface area is 198 Å². The highest BCUT2D eigenvalue weighted by atomic mass is 127. The normalized spacial score (nSPS) is 17.0. The first-order chi connectivity index (χ1) is 13.6. The number of halogens is 2. The van der Waals surface area contributed by atoms with Gasteiger partial charge in [-0.3, -0.25) is 9.89 Å². The van der Waals surface area contributed by atoms with Gasteiger partial charge in [0.25, 0.3) is 0 Å². The van der Waals surface area contributed by atoms with E-state index in [1.807, 2.05) is 26.0 Å². The van der Waals surface area contributed by atoms with Crippen molar-refractivity contribution in [3.8, 4) is 0 Å². The van der Waals surface area contributed by atoms with Crippen LogP contribution in [0.15, 0.2) is 33.7 Å². The molecule has 0 aromatic carbocycles. The molecule has 162 valence electrons. The molecule has 0 aliphatic carbocycles. The molecule has 0 spiro atoms. The molecule has 1 aliphatic rings. The second-order valence-corrected chi connectivity index (χ2v) is 8.71. The number of guanidine groups is 1. The van der Waals surface area contributed by atoms with E-state index in [0.717, 1.165) is 36.0 Å². The van der Waals surface area contributed by atoms with Crippen LogP contribution in [0.25, 0.3) is 0 Å². The van der Waals surface area contributed by atoms with Crippen molar-refractivity contribution < 1.29 is 9.52 Å². The number of rotatable bonds is 8. The van der Waals surface area contributed by atoms with Crippen molar-refractivity contribution in [2.24, 2.45) is 4.99 Å². The number of likely N-dealkylation sites (tertiary alicyclic amines) is 1. The van der Waals surface area contributed by atoms with E-state index in [0.29, 0.717) is 23.4 Å². The summed E-state index contributed by atoms with van der Waals surface area (Å²) >= 11 is 7.35. The maximum Gasteiger partial charge on any atom is 0.191 e. The summed E-state index contributed by atoms with van der Waals surface area (Å²) in [5, 5.41) is 16.9. The van der Waals surface area contributed by atoms with Crippen molar-refractivity contribution >= 4 is 52.9 Å². The van der Waals surface area contributed by atoms with Crippen molar-refractivity contribution in [2.45, 2.75) is 38.8 Å². The maximum absolute atomic E-state index is 10.4. The van der Waals surface area contributed by atoms with Gasteiger partial charge in [-0.25, -0.2) is 0 Å². The van der Waals surface area contributed by atoms with E-state index < -0.39 is 6.10 Å². The number of hydrogen-bond acceptors (Lipinski definition) is 5. The molecule has 2 aromatic rings. The second-order valence-electron chi connectivity index (χ2n) is 6.97. The lowest BCUT2D eigenvalue weighted by molar-refractivity contribution is 0.184. The number of aliphatic hydroxyl groups excluding tert-OH is 1. The fraction of sp³-hybridized carbons (Fsp3) is 0.550. The molecule has 6 nitrogen and oxygen atoms in total. The molecule has 9 heteroatoms. The van der Waals surface area contributed by atoms with Gasteiger partial charge in [-0.05, 0) is 64.0 Å². The van der Waals surface area contributed by atoms with E-state index in [1.165, 1.54) is 24.2 Å². The molecule has 1 aliphatic heterocycles. The first-order valence-electron chi connectivity index (χ1n) is 9.82. The molecule has 29 heavy (non-hydrogen) atoms. The summed E-state index contributed by atoms with van der Waals surface area (Å²) in [7, 11) is 0. The molecule has 1 saturated heterocycles. The van der Waals surface area contributed by atoms with Crippen LogP contribution in [0.1, 0.15) is 48.3 Å². The molecule has 0 amide bonds. The minimum atomic E-state index is -0.622. The molecule has 3 rings (SSSR count). The van der Waals surface area contributed by atoms with Crippen molar-refractivity contribution in [3.05, 3.63) is 45.0 Å². The van der Waals surface area contributed by atoms with Crippen LogP contribution >= 0.6 is 46.9 Å². The van der Waals surface area contributed by atoms with Crippen LogP contribution in [-0.2, 0) is 0 Å². The zero-order valence-electron chi connectivity index (χ0n) is 16.9. The molecular formula is C20H30ClIN4O2S. The Bertz CT molecular complexity index is 776. The second kappa shape index (κ2) is 12.1. The molecule has 2 atom stereocenters. The summed E-state index contributed by atoms with van der Waals surface area (Å²) in [6, 6.07) is 7.85. The quantitative estimate of drug-likeness (QED) is 0.258. The SMILES string of the molecule is CCNC(=NCC(c1ccc(C)o1)N1CCCC1)NCC(O)c1ccc(Cl)s1.I. The molecule has 2 unspecified atom stereocenters. The van der Waals surface area contributed by atoms with Gasteiger partial charge < -0.3 is 20.2 Å². The van der Waals surface area contributed by atoms with Crippen molar-refractivity contribution in [2.75, 3.05) is 32.7 Å². The van der Waals surface area contributed by atoms with Crippen LogP contribution in [0.2, 0.25) is 4.34 Å². The monoisotopic (exact) mass is 552 g/mol. The number of nitrogens with one attached hydrogen (secondary N) is 2. The molecule has 1 fully saturated rings. The fourth-order valence-electron chi connectivity index (χ4n) is 3.39. The van der Waals surface area contributed by atoms with Crippen LogP contribution in [0, 0.1) is 6.92 Å². The molecule has 0 saturated carbocycles. The predicted molar refractivity (Wildman–Crippen MR) is 131 cm³/mol. The van der Waals surface area contributed by atoms with Gasteiger partial charge >= 0.3 is 0 Å². The number of aliphatic hydroxyl groups is 1. The maximum atomic E-state index is 10.4. The van der Waals surface area contributed by atoms with Gasteiger partial charge in [0, 0.05) is 18.0 Å². The zero-order valence-corrected chi connectivity index (χ0v) is 20.8. The predicted octanol–water partition coefficient (Wildman–Crippen LogP) is 4.35. The van der Waals surface area contributed by atoms with Crippen molar-refractivity contribution in [1.29, 1.82) is 0 Å². The van der Waals surface area contributed by atoms with Gasteiger partial charge in [0.1, 0.15) is 17.6 Å². The lowest BCUT2D eigenvalue weighted by atomic mass is 10.2. The number of hydrogen-bond donors (Lipinski definition) is 3. The number of aliphatic imine (C=N–C) groups is 1. The summed E-state index contributed by atoms with van der Waals surface area (Å²) in [6.07, 6.45) is 1.81. The van der Waals surface area contributed by atoms with Crippen LogP contribution in [0.5, 0.6) is 0 Å². The van der Waals surface area contributed by atoms with Gasteiger partial charge in [0.15, 0.2) is 5.96 Å². The number of thiophene rings is 1. The number of nitrogens with zero attached hydrogens (tertiary/aromatic N) is 2. The first kappa shape index (κ1) is 24.5. The Morgan fingerprint density at radius 1 is 1.28 bits per heavy atom. The Morgan fingerprint density at radius 3 is 2.62 bits per heavy atom. The highest BCUT2D eigenvalue weighted by Crippen LogP contribution is 2.28. The minimum Gasteiger partial charge on any atom is -0.465 e. The Morgan fingerprint density at radius 2 is 2.03 bits per heavy atom. The Kier molecular flexibility index (Phi) is 10.2. The fourth-order valence-corrected chi connectivity index (χ4v) is 4.44. The molecule has 0 bridgehead atoms. The van der Waals surface area contributed by atoms with E-state index in [1.54, 1.807) is 6.07 Å². The smallest absolute Gasteiger partial charge is 0.191 e. The van der Waals surface area contributed by atoms with E-state index in [4.69, 9.17) is 21.0 Å². The van der Waals surface area contributed by atoms with Gasteiger partial charge in [-0.1, -0.05) is 11.6 Å². The lowest BCUT2D eigenvalue weighted by Crippen LogP contribution is -2.40. The molecule has 0 radical (unpaired) electrons.